The Morgan fingerprint density at radius 2 is 1.33 bits per heavy atom. The molecule has 0 fully saturated rings. The first-order valence-electron chi connectivity index (χ1n) is 4.11. The Labute approximate surface area is 86.3 Å². The van der Waals surface area contributed by atoms with Crippen LogP contribution < -0.4 is 0 Å². The lowest BCUT2D eigenvalue weighted by Gasteiger charge is -2.15. The lowest BCUT2D eigenvalue weighted by atomic mass is 10.4. The van der Waals surface area contributed by atoms with Crippen LogP contribution in [0.2, 0.25) is 0 Å². The van der Waals surface area contributed by atoms with Gasteiger partial charge in [-0.3, -0.25) is 9.05 Å². The maximum atomic E-state index is 11.0. The fourth-order valence-corrected chi connectivity index (χ4v) is 1.30. The molecule has 5 N–H and O–H groups in total. The summed E-state index contributed by atoms with van der Waals surface area (Å²) in [5.41, 5.74) is 0. The van der Waals surface area contributed by atoms with Gasteiger partial charge in [0.05, 0.1) is 26.4 Å². The molecule has 15 heavy (non-hydrogen) atoms. The van der Waals surface area contributed by atoms with Gasteiger partial charge < -0.3 is 25.3 Å². The Balaban J connectivity index is 3.81. The van der Waals surface area contributed by atoms with E-state index in [0.717, 1.165) is 0 Å². The number of hydrogen-bond acceptors (Lipinski definition) is 7. The molecule has 0 spiro atoms. The minimum Gasteiger partial charge on any atom is -0.394 e. The summed E-state index contributed by atoms with van der Waals surface area (Å²) < 4.78 is 19.5. The molecule has 8 nitrogen and oxygen atoms in total. The van der Waals surface area contributed by atoms with E-state index in [4.69, 9.17) is 25.3 Å². The van der Waals surface area contributed by atoms with E-state index in [2.05, 4.69) is 9.05 Å². The van der Waals surface area contributed by atoms with Gasteiger partial charge in [-0.1, -0.05) is 0 Å². The van der Waals surface area contributed by atoms with Crippen LogP contribution in [0, 0.1) is 0 Å². The summed E-state index contributed by atoms with van der Waals surface area (Å²) in [7, 11) is -4.37. The maximum absolute atomic E-state index is 11.0. The van der Waals surface area contributed by atoms with Gasteiger partial charge in [-0.05, 0) is 0 Å². The highest BCUT2D eigenvalue weighted by atomic mass is 31.2. The van der Waals surface area contributed by atoms with E-state index in [1.807, 2.05) is 0 Å². The van der Waals surface area contributed by atoms with E-state index in [0.29, 0.717) is 0 Å². The molecule has 0 rings (SSSR count). The van der Waals surface area contributed by atoms with E-state index in [1.165, 1.54) is 0 Å². The fraction of sp³-hybridized carbons (Fsp3) is 1.00. The monoisotopic (exact) mass is 246 g/mol. The SMILES string of the molecule is O=P(O)(OC[C@H](O)CO)OC[C@@H](O)CO. The zero-order chi connectivity index (χ0) is 11.9. The van der Waals surface area contributed by atoms with Gasteiger partial charge in [0, 0.05) is 0 Å². The number of rotatable bonds is 8. The number of hydrogen-bond donors (Lipinski definition) is 5. The first kappa shape index (κ1) is 14.9. The minimum atomic E-state index is -4.37. The summed E-state index contributed by atoms with van der Waals surface area (Å²) >= 11 is 0. The average molecular weight is 246 g/mol. The molecule has 0 aliphatic carbocycles. The summed E-state index contributed by atoms with van der Waals surface area (Å²) in [5, 5.41) is 34.3. The first-order chi connectivity index (χ1) is 6.91. The van der Waals surface area contributed by atoms with Gasteiger partial charge in [0.2, 0.25) is 0 Å². The molecule has 0 aromatic heterocycles. The van der Waals surface area contributed by atoms with Gasteiger partial charge in [0.1, 0.15) is 12.2 Å². The normalized spacial score (nSPS) is 19.5. The molecule has 0 amide bonds. The van der Waals surface area contributed by atoms with Gasteiger partial charge in [0.25, 0.3) is 0 Å². The number of aliphatic hydroxyl groups is 4. The second-order valence-corrected chi connectivity index (χ2v) is 4.19. The molecule has 3 atom stereocenters. The standard InChI is InChI=1S/C6H15O8P/c7-1-5(9)3-13-15(11,12)14-4-6(10)2-8/h5-10H,1-4H2,(H,11,12)/t5-,6+. The van der Waals surface area contributed by atoms with Crippen LogP contribution in [0.4, 0.5) is 0 Å². The predicted molar refractivity (Wildman–Crippen MR) is 47.9 cm³/mol. The van der Waals surface area contributed by atoms with Crippen molar-refractivity contribution in [3.05, 3.63) is 0 Å². The smallest absolute Gasteiger partial charge is 0.394 e. The third-order valence-corrected chi connectivity index (χ3v) is 2.23. The van der Waals surface area contributed by atoms with Crippen LogP contribution in [-0.2, 0) is 13.6 Å². The minimum absolute atomic E-state index is 0.570. The van der Waals surface area contributed by atoms with E-state index in [-0.39, 0.29) is 0 Å². The quantitative estimate of drug-likeness (QED) is 0.305. The third-order valence-electron chi connectivity index (χ3n) is 1.28. The van der Waals surface area contributed by atoms with Crippen molar-refractivity contribution in [2.24, 2.45) is 0 Å². The molecule has 0 bridgehead atoms. The molecule has 0 saturated carbocycles. The Bertz CT molecular complexity index is 191. The Kier molecular flexibility index (Phi) is 7.24. The largest absolute Gasteiger partial charge is 0.472 e. The van der Waals surface area contributed by atoms with Crippen molar-refractivity contribution in [1.82, 2.24) is 0 Å². The molecule has 0 radical (unpaired) electrons. The van der Waals surface area contributed by atoms with Crippen LogP contribution >= 0.6 is 7.82 Å². The summed E-state index contributed by atoms with van der Waals surface area (Å²) in [6, 6.07) is 0. The average Bonchev–Trinajstić information content (AvgIpc) is 2.22. The molecular formula is C6H15O8P. The van der Waals surface area contributed by atoms with Gasteiger partial charge in [-0.15, -0.1) is 0 Å². The Morgan fingerprint density at radius 3 is 1.60 bits per heavy atom. The van der Waals surface area contributed by atoms with Crippen LogP contribution in [0.25, 0.3) is 0 Å². The number of phosphoric acid groups is 1. The first-order valence-corrected chi connectivity index (χ1v) is 5.60. The van der Waals surface area contributed by atoms with Crippen molar-refractivity contribution < 1.29 is 38.9 Å². The zero-order valence-corrected chi connectivity index (χ0v) is 8.79. The van der Waals surface area contributed by atoms with Crippen LogP contribution in [0.15, 0.2) is 0 Å². The molecular weight excluding hydrogens is 231 g/mol. The molecule has 0 saturated heterocycles. The molecule has 0 aromatic carbocycles. The highest BCUT2D eigenvalue weighted by molar-refractivity contribution is 7.47. The molecule has 1 unspecified atom stereocenters. The highest BCUT2D eigenvalue weighted by Crippen LogP contribution is 2.43. The van der Waals surface area contributed by atoms with Crippen molar-refractivity contribution in [2.75, 3.05) is 26.4 Å². The summed E-state index contributed by atoms with van der Waals surface area (Å²) in [5.74, 6) is 0. The molecule has 0 heterocycles. The van der Waals surface area contributed by atoms with Gasteiger partial charge in [0.15, 0.2) is 0 Å². The van der Waals surface area contributed by atoms with Crippen LogP contribution in [0.1, 0.15) is 0 Å². The lowest BCUT2D eigenvalue weighted by Crippen LogP contribution is -2.21. The van der Waals surface area contributed by atoms with E-state index < -0.39 is 46.5 Å². The van der Waals surface area contributed by atoms with Gasteiger partial charge >= 0.3 is 7.82 Å². The van der Waals surface area contributed by atoms with Gasteiger partial charge in [-0.2, -0.15) is 0 Å². The van der Waals surface area contributed by atoms with Crippen molar-refractivity contribution in [3.63, 3.8) is 0 Å². The summed E-state index contributed by atoms with van der Waals surface area (Å²) in [6.07, 6.45) is -2.56. The second kappa shape index (κ2) is 7.26. The zero-order valence-electron chi connectivity index (χ0n) is 7.89. The maximum Gasteiger partial charge on any atom is 0.472 e. The lowest BCUT2D eigenvalue weighted by molar-refractivity contribution is 0.0160. The highest BCUT2D eigenvalue weighted by Gasteiger charge is 2.23. The van der Waals surface area contributed by atoms with E-state index >= 15 is 0 Å². The molecule has 0 aromatic rings. The second-order valence-electron chi connectivity index (χ2n) is 2.73. The summed E-state index contributed by atoms with van der Waals surface area (Å²) in [4.78, 5) is 8.93. The van der Waals surface area contributed by atoms with Crippen molar-refractivity contribution in [3.8, 4) is 0 Å². The predicted octanol–water partition coefficient (Wildman–Crippen LogP) is -2.17. The van der Waals surface area contributed by atoms with Gasteiger partial charge in [-0.25, -0.2) is 4.57 Å². The van der Waals surface area contributed by atoms with Crippen LogP contribution in [0.3, 0.4) is 0 Å². The van der Waals surface area contributed by atoms with Crippen molar-refractivity contribution in [1.29, 1.82) is 0 Å². The van der Waals surface area contributed by atoms with Crippen LogP contribution in [0.5, 0.6) is 0 Å². The topological polar surface area (TPSA) is 137 Å². The van der Waals surface area contributed by atoms with Crippen molar-refractivity contribution >= 4 is 7.82 Å². The van der Waals surface area contributed by atoms with E-state index in [9.17, 15) is 4.57 Å². The molecule has 92 valence electrons. The van der Waals surface area contributed by atoms with E-state index in [1.54, 1.807) is 0 Å². The van der Waals surface area contributed by atoms with Crippen molar-refractivity contribution in [2.45, 2.75) is 12.2 Å². The molecule has 9 heteroatoms. The number of aliphatic hydroxyl groups excluding tert-OH is 4. The van der Waals surface area contributed by atoms with Crippen LogP contribution in [-0.4, -0.2) is 64.0 Å². The fourth-order valence-electron chi connectivity index (χ4n) is 0.503. The number of phosphoric ester groups is 1. The Morgan fingerprint density at radius 1 is 1.00 bits per heavy atom. The molecule has 0 aliphatic rings. The molecule has 0 aliphatic heterocycles. The third kappa shape index (κ3) is 7.83. The Hall–Kier alpha value is -0.0500. The summed E-state index contributed by atoms with van der Waals surface area (Å²) in [6.45, 7) is -2.36.